The van der Waals surface area contributed by atoms with Gasteiger partial charge in [-0.1, -0.05) is 24.3 Å². The van der Waals surface area contributed by atoms with E-state index in [2.05, 4.69) is 5.32 Å². The number of amides is 1. The Morgan fingerprint density at radius 1 is 1.16 bits per heavy atom. The van der Waals surface area contributed by atoms with Gasteiger partial charge in [0.2, 0.25) is 5.91 Å². The Hall–Kier alpha value is -2.31. The van der Waals surface area contributed by atoms with Crippen LogP contribution in [-0.4, -0.2) is 25.7 Å². The van der Waals surface area contributed by atoms with E-state index in [1.54, 1.807) is 24.3 Å². The Kier molecular flexibility index (Phi) is 7.03. The van der Waals surface area contributed by atoms with Gasteiger partial charge in [0.15, 0.2) is 0 Å². The Morgan fingerprint density at radius 2 is 1.84 bits per heavy atom. The molecule has 0 saturated carbocycles. The molecule has 6 heteroatoms. The maximum atomic E-state index is 13.6. The molecule has 0 spiro atoms. The van der Waals surface area contributed by atoms with Gasteiger partial charge in [0.1, 0.15) is 11.6 Å². The highest BCUT2D eigenvalue weighted by atomic mass is 19.1. The smallest absolute Gasteiger partial charge is 0.223 e. The van der Waals surface area contributed by atoms with Gasteiger partial charge in [0.25, 0.3) is 0 Å². The van der Waals surface area contributed by atoms with Gasteiger partial charge in [-0.25, -0.2) is 8.78 Å². The van der Waals surface area contributed by atoms with Crippen molar-refractivity contribution in [2.45, 2.75) is 25.0 Å². The number of carbonyl (C=O) groups excluding carboxylic acids is 1. The third-order valence-corrected chi connectivity index (χ3v) is 3.92. The SMILES string of the molecule is COC(CN)CC(=O)NC(Cc1cccc(F)c1)c1cccc(F)c1. The number of hydrogen-bond donors (Lipinski definition) is 2. The fourth-order valence-corrected chi connectivity index (χ4v) is 2.60. The molecule has 0 aliphatic carbocycles. The minimum absolute atomic E-state index is 0.0992. The van der Waals surface area contributed by atoms with E-state index < -0.39 is 11.9 Å². The molecule has 2 aromatic rings. The van der Waals surface area contributed by atoms with Gasteiger partial charge in [-0.2, -0.15) is 0 Å². The summed E-state index contributed by atoms with van der Waals surface area (Å²) in [4.78, 5) is 12.3. The van der Waals surface area contributed by atoms with Gasteiger partial charge in [-0.3, -0.25) is 4.79 Å². The molecule has 0 heterocycles. The van der Waals surface area contributed by atoms with Crippen LogP contribution in [0.3, 0.4) is 0 Å². The first kappa shape index (κ1) is 19.0. The second kappa shape index (κ2) is 9.25. The van der Waals surface area contributed by atoms with Crippen LogP contribution in [0.15, 0.2) is 48.5 Å². The van der Waals surface area contributed by atoms with Gasteiger partial charge in [0.05, 0.1) is 18.6 Å². The molecule has 25 heavy (non-hydrogen) atoms. The maximum Gasteiger partial charge on any atom is 0.223 e. The van der Waals surface area contributed by atoms with Crippen LogP contribution in [0.1, 0.15) is 23.6 Å². The summed E-state index contributed by atoms with van der Waals surface area (Å²) in [5.74, 6) is -1.01. The molecule has 0 saturated heterocycles. The zero-order chi connectivity index (χ0) is 18.2. The minimum atomic E-state index is -0.486. The van der Waals surface area contributed by atoms with E-state index in [4.69, 9.17) is 10.5 Å². The molecule has 0 aliphatic heterocycles. The molecule has 0 radical (unpaired) electrons. The second-order valence-corrected chi connectivity index (χ2v) is 5.81. The average Bonchev–Trinajstić information content (AvgIpc) is 2.59. The van der Waals surface area contributed by atoms with Crippen molar-refractivity contribution in [1.29, 1.82) is 0 Å². The first-order chi connectivity index (χ1) is 12.0. The van der Waals surface area contributed by atoms with Crippen LogP contribution in [0, 0.1) is 11.6 Å². The molecular formula is C19H22F2N2O2. The second-order valence-electron chi connectivity index (χ2n) is 5.81. The average molecular weight is 348 g/mol. The largest absolute Gasteiger partial charge is 0.380 e. The van der Waals surface area contributed by atoms with Crippen molar-refractivity contribution < 1.29 is 18.3 Å². The van der Waals surface area contributed by atoms with Gasteiger partial charge < -0.3 is 15.8 Å². The fraction of sp³-hybridized carbons (Fsp3) is 0.316. The quantitative estimate of drug-likeness (QED) is 0.771. The molecule has 2 aromatic carbocycles. The predicted octanol–water partition coefficient (Wildman–Crippen LogP) is 2.73. The third kappa shape index (κ3) is 5.92. The van der Waals surface area contributed by atoms with E-state index in [9.17, 15) is 13.6 Å². The van der Waals surface area contributed by atoms with Crippen molar-refractivity contribution in [3.05, 3.63) is 71.3 Å². The summed E-state index contributed by atoms with van der Waals surface area (Å²) >= 11 is 0. The number of carbonyl (C=O) groups is 1. The van der Waals surface area contributed by atoms with Crippen molar-refractivity contribution in [1.82, 2.24) is 5.32 Å². The molecule has 3 N–H and O–H groups in total. The first-order valence-electron chi connectivity index (χ1n) is 8.04. The highest BCUT2D eigenvalue weighted by Gasteiger charge is 2.19. The van der Waals surface area contributed by atoms with Crippen LogP contribution < -0.4 is 11.1 Å². The first-order valence-corrected chi connectivity index (χ1v) is 8.04. The van der Waals surface area contributed by atoms with E-state index >= 15 is 0 Å². The van der Waals surface area contributed by atoms with Crippen LogP contribution in [0.2, 0.25) is 0 Å². The lowest BCUT2D eigenvalue weighted by Crippen LogP contribution is -2.35. The monoisotopic (exact) mass is 348 g/mol. The lowest BCUT2D eigenvalue weighted by molar-refractivity contribution is -0.124. The summed E-state index contributed by atoms with van der Waals surface area (Å²) in [6.07, 6.45) is 0.0529. The maximum absolute atomic E-state index is 13.6. The molecule has 4 nitrogen and oxygen atoms in total. The summed E-state index contributed by atoms with van der Waals surface area (Å²) in [7, 11) is 1.49. The van der Waals surface area contributed by atoms with Gasteiger partial charge in [-0.05, 0) is 41.8 Å². The number of nitrogens with one attached hydrogen (secondary N) is 1. The van der Waals surface area contributed by atoms with Gasteiger partial charge >= 0.3 is 0 Å². The highest BCUT2D eigenvalue weighted by Crippen LogP contribution is 2.20. The Morgan fingerprint density at radius 3 is 2.44 bits per heavy atom. The number of benzene rings is 2. The van der Waals surface area contributed by atoms with Crippen LogP contribution >= 0.6 is 0 Å². The Balaban J connectivity index is 2.18. The third-order valence-electron chi connectivity index (χ3n) is 3.92. The summed E-state index contributed by atoms with van der Waals surface area (Å²) in [5, 5.41) is 2.86. The number of nitrogens with two attached hydrogens (primary N) is 1. The fourth-order valence-electron chi connectivity index (χ4n) is 2.60. The normalized spacial score (nSPS) is 13.3. The predicted molar refractivity (Wildman–Crippen MR) is 91.9 cm³/mol. The van der Waals surface area contributed by atoms with E-state index in [-0.39, 0.29) is 30.8 Å². The van der Waals surface area contributed by atoms with E-state index in [0.29, 0.717) is 17.5 Å². The lowest BCUT2D eigenvalue weighted by atomic mass is 9.98. The number of halogens is 2. The van der Waals surface area contributed by atoms with E-state index in [1.165, 1.54) is 31.4 Å². The summed E-state index contributed by atoms with van der Waals surface area (Å²) in [6.45, 7) is 0.221. The molecule has 2 rings (SSSR count). The van der Waals surface area contributed by atoms with Gasteiger partial charge in [-0.15, -0.1) is 0 Å². The van der Waals surface area contributed by atoms with Crippen LogP contribution in [-0.2, 0) is 16.0 Å². The molecule has 2 atom stereocenters. The van der Waals surface area contributed by atoms with Crippen molar-refractivity contribution in [3.63, 3.8) is 0 Å². The van der Waals surface area contributed by atoms with Crippen LogP contribution in [0.25, 0.3) is 0 Å². The molecule has 1 amide bonds. The number of rotatable bonds is 8. The number of methoxy groups -OCH3 is 1. The molecule has 0 aromatic heterocycles. The van der Waals surface area contributed by atoms with E-state index in [0.717, 1.165) is 0 Å². The highest BCUT2D eigenvalue weighted by molar-refractivity contribution is 5.77. The Labute approximate surface area is 146 Å². The molecule has 2 unspecified atom stereocenters. The zero-order valence-corrected chi connectivity index (χ0v) is 14.0. The summed E-state index contributed by atoms with van der Waals surface area (Å²) in [6, 6.07) is 11.6. The standard InChI is InChI=1S/C19H22F2N2O2/c1-25-17(12-22)11-19(24)23-18(14-5-3-7-16(21)10-14)9-13-4-2-6-15(20)8-13/h2-8,10,17-18H,9,11-12,22H2,1H3,(H,23,24). The minimum Gasteiger partial charge on any atom is -0.380 e. The lowest BCUT2D eigenvalue weighted by Gasteiger charge is -2.21. The van der Waals surface area contributed by atoms with Crippen LogP contribution in [0.5, 0.6) is 0 Å². The van der Waals surface area contributed by atoms with Crippen molar-refractivity contribution in [3.8, 4) is 0 Å². The molecule has 0 aliphatic rings. The molecular weight excluding hydrogens is 326 g/mol. The van der Waals surface area contributed by atoms with Gasteiger partial charge in [0, 0.05) is 13.7 Å². The zero-order valence-electron chi connectivity index (χ0n) is 14.0. The Bertz CT molecular complexity index is 705. The molecule has 134 valence electrons. The molecule has 0 fully saturated rings. The van der Waals surface area contributed by atoms with Crippen molar-refractivity contribution in [2.75, 3.05) is 13.7 Å². The topological polar surface area (TPSA) is 64.3 Å². The number of hydrogen-bond acceptors (Lipinski definition) is 3. The van der Waals surface area contributed by atoms with Crippen LogP contribution in [0.4, 0.5) is 8.78 Å². The van der Waals surface area contributed by atoms with Crippen molar-refractivity contribution >= 4 is 5.91 Å². The number of ether oxygens (including phenoxy) is 1. The summed E-state index contributed by atoms with van der Waals surface area (Å²) < 4.78 is 32.1. The van der Waals surface area contributed by atoms with Crippen molar-refractivity contribution in [2.24, 2.45) is 5.73 Å². The summed E-state index contributed by atoms with van der Waals surface area (Å²) in [5.41, 5.74) is 6.85. The molecule has 0 bridgehead atoms. The van der Waals surface area contributed by atoms with E-state index in [1.807, 2.05) is 0 Å².